The molecule has 1 heterocycles. The molecule has 0 aliphatic rings. The molecule has 0 bridgehead atoms. The molecule has 0 saturated heterocycles. The zero-order valence-corrected chi connectivity index (χ0v) is 14.0. The van der Waals surface area contributed by atoms with Crippen LogP contribution in [0.4, 0.5) is 0 Å². The fourth-order valence-electron chi connectivity index (χ4n) is 2.02. The van der Waals surface area contributed by atoms with Crippen LogP contribution in [-0.2, 0) is 4.79 Å². The van der Waals surface area contributed by atoms with E-state index < -0.39 is 11.5 Å². The molecule has 1 aromatic heterocycles. The molecule has 0 spiro atoms. The number of hydrogen-bond donors (Lipinski definition) is 1. The number of nitrogens with one attached hydrogen (secondary N) is 1. The van der Waals surface area contributed by atoms with Gasteiger partial charge in [-0.1, -0.05) is 27.2 Å². The molecule has 0 radical (unpaired) electrons. The van der Waals surface area contributed by atoms with Crippen LogP contribution in [0.1, 0.15) is 44.0 Å². The Morgan fingerprint density at radius 1 is 1.25 bits per heavy atom. The first kappa shape index (κ1) is 17.7. The van der Waals surface area contributed by atoms with Crippen LogP contribution in [0.2, 0.25) is 0 Å². The molecule has 0 unspecified atom stereocenters. The van der Waals surface area contributed by atoms with E-state index in [1.165, 1.54) is 12.1 Å². The number of unbranched alkanes of at least 4 members (excludes halogenated alkanes) is 1. The predicted molar refractivity (Wildman–Crippen MR) is 90.2 cm³/mol. The van der Waals surface area contributed by atoms with Crippen molar-refractivity contribution in [3.63, 3.8) is 0 Å². The summed E-state index contributed by atoms with van der Waals surface area (Å²) in [7, 11) is 0. The number of esters is 1. The number of carbonyl (C=O) groups is 2. The number of hydrogen-bond acceptors (Lipinski definition) is 5. The summed E-state index contributed by atoms with van der Waals surface area (Å²) in [6.07, 6.45) is 1.79. The van der Waals surface area contributed by atoms with E-state index in [1.807, 2.05) is 6.92 Å². The van der Waals surface area contributed by atoms with Crippen molar-refractivity contribution in [2.24, 2.45) is 5.92 Å². The van der Waals surface area contributed by atoms with Crippen molar-refractivity contribution in [3.8, 4) is 5.75 Å². The first-order valence-electron chi connectivity index (χ1n) is 8.00. The minimum Gasteiger partial charge on any atom is -0.426 e. The lowest BCUT2D eigenvalue weighted by molar-refractivity contribution is -0.137. The number of rotatable bonds is 6. The maximum Gasteiger partial charge on any atom is 0.349 e. The summed E-state index contributed by atoms with van der Waals surface area (Å²) < 4.78 is 10.4. The zero-order valence-electron chi connectivity index (χ0n) is 14.0. The Morgan fingerprint density at radius 3 is 2.67 bits per heavy atom. The molecule has 24 heavy (non-hydrogen) atoms. The summed E-state index contributed by atoms with van der Waals surface area (Å²) in [6, 6.07) is 6.19. The normalized spacial score (nSPS) is 10.8. The second-order valence-corrected chi connectivity index (χ2v) is 5.83. The average Bonchev–Trinajstić information content (AvgIpc) is 2.54. The zero-order chi connectivity index (χ0) is 17.7. The van der Waals surface area contributed by atoms with E-state index in [9.17, 15) is 14.4 Å². The summed E-state index contributed by atoms with van der Waals surface area (Å²) in [6.45, 7) is 5.98. The van der Waals surface area contributed by atoms with Gasteiger partial charge in [-0.25, -0.2) is 4.79 Å². The van der Waals surface area contributed by atoms with E-state index in [4.69, 9.17) is 9.15 Å². The van der Waals surface area contributed by atoms with E-state index >= 15 is 0 Å². The standard InChI is InChI=1S/C18H21NO5/c1-4-5-8-19-16(20)14-9-12-6-7-13(23-17(21)11(2)3)10-15(12)24-18(14)22/h6-7,9-11H,4-5,8H2,1-3H3,(H,19,20). The Labute approximate surface area is 139 Å². The highest BCUT2D eigenvalue weighted by molar-refractivity contribution is 5.96. The van der Waals surface area contributed by atoms with Gasteiger partial charge in [-0.15, -0.1) is 0 Å². The largest absolute Gasteiger partial charge is 0.426 e. The molecule has 2 aromatic rings. The van der Waals surface area contributed by atoms with Crippen molar-refractivity contribution in [1.29, 1.82) is 0 Å². The van der Waals surface area contributed by atoms with Crippen molar-refractivity contribution >= 4 is 22.8 Å². The second kappa shape index (κ2) is 7.77. The minimum absolute atomic E-state index is 0.0365. The van der Waals surface area contributed by atoms with Gasteiger partial charge in [0.1, 0.15) is 16.9 Å². The highest BCUT2D eigenvalue weighted by Gasteiger charge is 2.15. The van der Waals surface area contributed by atoms with Crippen LogP contribution >= 0.6 is 0 Å². The number of fused-ring (bicyclic) bond motifs is 1. The molecule has 6 heteroatoms. The molecule has 128 valence electrons. The molecule has 0 aliphatic carbocycles. The smallest absolute Gasteiger partial charge is 0.349 e. The number of amides is 1. The van der Waals surface area contributed by atoms with Crippen LogP contribution in [0.5, 0.6) is 5.75 Å². The number of carbonyl (C=O) groups excluding carboxylic acids is 2. The highest BCUT2D eigenvalue weighted by Crippen LogP contribution is 2.21. The van der Waals surface area contributed by atoms with Crippen molar-refractivity contribution in [2.75, 3.05) is 6.54 Å². The van der Waals surface area contributed by atoms with Crippen LogP contribution in [0.25, 0.3) is 11.0 Å². The van der Waals surface area contributed by atoms with Gasteiger partial charge in [0.2, 0.25) is 0 Å². The molecule has 0 atom stereocenters. The molecule has 0 fully saturated rings. The Kier molecular flexibility index (Phi) is 5.73. The van der Waals surface area contributed by atoms with Crippen molar-refractivity contribution in [1.82, 2.24) is 5.32 Å². The SMILES string of the molecule is CCCCNC(=O)c1cc2ccc(OC(=O)C(C)C)cc2oc1=O. The number of ether oxygens (including phenoxy) is 1. The van der Waals surface area contributed by atoms with Gasteiger partial charge in [0.25, 0.3) is 5.91 Å². The molecular formula is C18H21NO5. The Bertz CT molecular complexity index is 807. The predicted octanol–water partition coefficient (Wildman–Crippen LogP) is 2.88. The first-order chi connectivity index (χ1) is 11.4. The molecular weight excluding hydrogens is 310 g/mol. The lowest BCUT2D eigenvalue weighted by Gasteiger charge is -2.08. The van der Waals surface area contributed by atoms with E-state index in [-0.39, 0.29) is 23.0 Å². The van der Waals surface area contributed by atoms with Gasteiger partial charge in [0.15, 0.2) is 0 Å². The monoisotopic (exact) mass is 331 g/mol. The van der Waals surface area contributed by atoms with E-state index in [2.05, 4.69) is 5.32 Å². The van der Waals surface area contributed by atoms with Gasteiger partial charge in [-0.05, 0) is 24.6 Å². The molecule has 0 saturated carbocycles. The number of benzene rings is 1. The highest BCUT2D eigenvalue weighted by atomic mass is 16.5. The Hall–Kier alpha value is -2.63. The van der Waals surface area contributed by atoms with Gasteiger partial charge in [0.05, 0.1) is 5.92 Å². The third kappa shape index (κ3) is 4.22. The lowest BCUT2D eigenvalue weighted by Crippen LogP contribution is -2.28. The quantitative estimate of drug-likeness (QED) is 0.381. The van der Waals surface area contributed by atoms with Crippen LogP contribution in [0.15, 0.2) is 33.5 Å². The topological polar surface area (TPSA) is 85.6 Å². The minimum atomic E-state index is -0.719. The summed E-state index contributed by atoms with van der Waals surface area (Å²) in [5, 5.41) is 3.27. The third-order valence-corrected chi connectivity index (χ3v) is 3.46. The molecule has 1 amide bonds. The van der Waals surface area contributed by atoms with Gasteiger partial charge >= 0.3 is 11.6 Å². The first-order valence-corrected chi connectivity index (χ1v) is 8.00. The fourth-order valence-corrected chi connectivity index (χ4v) is 2.02. The van der Waals surface area contributed by atoms with Gasteiger partial charge < -0.3 is 14.5 Å². The summed E-state index contributed by atoms with van der Waals surface area (Å²) in [5.74, 6) is -0.788. The van der Waals surface area contributed by atoms with Crippen molar-refractivity contribution < 1.29 is 18.7 Å². The van der Waals surface area contributed by atoms with E-state index in [0.717, 1.165) is 12.8 Å². The Morgan fingerprint density at radius 2 is 2.00 bits per heavy atom. The van der Waals surface area contributed by atoms with Crippen molar-refractivity contribution in [2.45, 2.75) is 33.6 Å². The van der Waals surface area contributed by atoms with Crippen LogP contribution in [0.3, 0.4) is 0 Å². The maximum atomic E-state index is 12.0. The maximum absolute atomic E-state index is 12.0. The summed E-state index contributed by atoms with van der Waals surface area (Å²) in [4.78, 5) is 35.7. The summed E-state index contributed by atoms with van der Waals surface area (Å²) in [5.41, 5.74) is -0.492. The molecule has 0 aliphatic heterocycles. The van der Waals surface area contributed by atoms with Gasteiger partial charge in [-0.3, -0.25) is 9.59 Å². The second-order valence-electron chi connectivity index (χ2n) is 5.83. The summed E-state index contributed by atoms with van der Waals surface area (Å²) >= 11 is 0. The van der Waals surface area contributed by atoms with Gasteiger partial charge in [-0.2, -0.15) is 0 Å². The lowest BCUT2D eigenvalue weighted by atomic mass is 10.1. The third-order valence-electron chi connectivity index (χ3n) is 3.46. The van der Waals surface area contributed by atoms with Crippen LogP contribution in [-0.4, -0.2) is 18.4 Å². The average molecular weight is 331 g/mol. The molecule has 1 N–H and O–H groups in total. The van der Waals surface area contributed by atoms with Crippen molar-refractivity contribution in [3.05, 3.63) is 40.2 Å². The molecule has 6 nitrogen and oxygen atoms in total. The van der Waals surface area contributed by atoms with E-state index in [0.29, 0.717) is 17.7 Å². The van der Waals surface area contributed by atoms with Crippen LogP contribution in [0, 0.1) is 5.92 Å². The Balaban J connectivity index is 2.27. The van der Waals surface area contributed by atoms with Crippen LogP contribution < -0.4 is 15.7 Å². The van der Waals surface area contributed by atoms with E-state index in [1.54, 1.807) is 26.0 Å². The molecule has 2 rings (SSSR count). The molecule has 1 aromatic carbocycles. The fraction of sp³-hybridized carbons (Fsp3) is 0.389. The van der Waals surface area contributed by atoms with Gasteiger partial charge in [0, 0.05) is 18.0 Å².